The molecule has 0 bridgehead atoms. The first-order valence-electron chi connectivity index (χ1n) is 14.4. The number of nitrogens with one attached hydrogen (secondary N) is 3. The number of carbonyl (C=O) groups is 3. The zero-order valence-corrected chi connectivity index (χ0v) is 27.1. The van der Waals surface area contributed by atoms with Gasteiger partial charge in [0, 0.05) is 45.1 Å². The molecule has 252 valence electrons. The largest absolute Gasteiger partial charge is 0.480 e. The Morgan fingerprint density at radius 3 is 2.13 bits per heavy atom. The Bertz CT molecular complexity index is 1370. The first-order valence-corrected chi connectivity index (χ1v) is 17.8. The first-order chi connectivity index (χ1) is 21.6. The summed E-state index contributed by atoms with van der Waals surface area (Å²) in [6, 6.07) is 8.20. The predicted octanol–water partition coefficient (Wildman–Crippen LogP) is -0.520. The van der Waals surface area contributed by atoms with E-state index in [0.29, 0.717) is 6.42 Å². The first kappa shape index (κ1) is 37.4. The van der Waals surface area contributed by atoms with Crippen molar-refractivity contribution in [2.75, 3.05) is 32.8 Å². The van der Waals surface area contributed by atoms with Crippen LogP contribution in [0.5, 0.6) is 0 Å². The van der Waals surface area contributed by atoms with Gasteiger partial charge in [0.15, 0.2) is 0 Å². The van der Waals surface area contributed by atoms with E-state index in [2.05, 4.69) is 20.6 Å². The van der Waals surface area contributed by atoms with E-state index in [0.717, 1.165) is 5.56 Å². The van der Waals surface area contributed by atoms with Gasteiger partial charge in [-0.3, -0.25) is 33.4 Å². The van der Waals surface area contributed by atoms with E-state index in [9.17, 15) is 43.1 Å². The summed E-state index contributed by atoms with van der Waals surface area (Å²) >= 11 is 0. The number of carbonyl (C=O) groups excluding carboxylic acids is 3. The molecule has 20 heteroatoms. The lowest BCUT2D eigenvalue weighted by molar-refractivity contribution is -0.124. The number of rotatable bonds is 14. The zero-order chi connectivity index (χ0) is 33.9. The Morgan fingerprint density at radius 1 is 0.957 bits per heavy atom. The quantitative estimate of drug-likeness (QED) is 0.0978. The molecule has 17 nitrogen and oxygen atoms in total. The average Bonchev–Trinajstić information content (AvgIpc) is 2.96. The molecule has 7 N–H and O–H groups in total. The topological polar surface area (TPSA) is 250 Å². The Labute approximate surface area is 266 Å². The molecular weight excluding hydrogens is 645 g/mol. The Kier molecular flexibility index (Phi) is 14.0. The van der Waals surface area contributed by atoms with Gasteiger partial charge in [-0.05, 0) is 17.9 Å². The summed E-state index contributed by atoms with van der Waals surface area (Å²) in [5.74, 6) is -2.56. The number of amides is 3. The van der Waals surface area contributed by atoms with Crippen LogP contribution in [0.2, 0.25) is 0 Å². The van der Waals surface area contributed by atoms with Crippen molar-refractivity contribution in [1.29, 1.82) is 0 Å². The van der Waals surface area contributed by atoms with Crippen LogP contribution in [0, 0.1) is 5.92 Å². The highest BCUT2D eigenvalue weighted by molar-refractivity contribution is 7.70. The van der Waals surface area contributed by atoms with Crippen molar-refractivity contribution in [3.63, 3.8) is 0 Å². The second-order valence-electron chi connectivity index (χ2n) is 11.1. The summed E-state index contributed by atoms with van der Waals surface area (Å²) < 4.78 is 34.8. The predicted molar refractivity (Wildman–Crippen MR) is 165 cm³/mol. The highest BCUT2D eigenvalue weighted by atomic mass is 31.2. The van der Waals surface area contributed by atoms with Crippen LogP contribution in [0.1, 0.15) is 36.3 Å². The summed E-state index contributed by atoms with van der Waals surface area (Å²) in [5.41, 5.74) is -1.79. The molecule has 2 atom stereocenters. The molecular formula is C26H39BN6O11P2. The monoisotopic (exact) mass is 684 g/mol. The standard InChI is InChI=1S/C26H39BN6O11P2/c1-18(2)14-22(27-43-12-10-33(11-13-44-27)17-23(34)32-26(45(37,38)39)46(40,41)42)31-24(35)20(15-19-6-4-3-5-7-19)30-25(36)21-16-28-8-9-29-21/h3-9,16,18,20,22,26H,10-15,17H2,1-2H3,(H,30,36)(H,31,35)(H,32,34)(H2,37,38,39)(H2,40,41,42). The molecule has 3 amide bonds. The molecule has 3 rings (SSSR count). The number of nitrogens with zero attached hydrogens (tertiary/aromatic N) is 3. The lowest BCUT2D eigenvalue weighted by Gasteiger charge is -2.32. The average molecular weight is 684 g/mol. The number of hydrogen-bond acceptors (Lipinski definition) is 10. The van der Waals surface area contributed by atoms with Crippen molar-refractivity contribution in [3.05, 3.63) is 60.2 Å². The van der Waals surface area contributed by atoms with Crippen LogP contribution in [0.4, 0.5) is 0 Å². The summed E-state index contributed by atoms with van der Waals surface area (Å²) in [4.78, 5) is 85.4. The zero-order valence-electron chi connectivity index (χ0n) is 25.3. The molecule has 0 aliphatic carbocycles. The minimum Gasteiger partial charge on any atom is -0.408 e. The van der Waals surface area contributed by atoms with Gasteiger partial charge in [-0.2, -0.15) is 0 Å². The van der Waals surface area contributed by atoms with Gasteiger partial charge in [0.2, 0.25) is 17.3 Å². The summed E-state index contributed by atoms with van der Waals surface area (Å²) in [5, 5.41) is 7.44. The SMILES string of the molecule is CC(C)CC(NC(=O)C(Cc1ccccc1)NC(=O)c1cnccn1)B1OCCN(CC(=O)NC(P(=O)(O)O)P(=O)(O)O)CCO1. The molecule has 1 aliphatic heterocycles. The highest BCUT2D eigenvalue weighted by Crippen LogP contribution is 2.58. The van der Waals surface area contributed by atoms with Crippen molar-refractivity contribution in [2.24, 2.45) is 5.92 Å². The number of benzene rings is 1. The molecule has 1 aromatic heterocycles. The van der Waals surface area contributed by atoms with E-state index in [4.69, 9.17) is 9.31 Å². The molecule has 2 aromatic rings. The van der Waals surface area contributed by atoms with Crippen LogP contribution in [0.15, 0.2) is 48.9 Å². The van der Waals surface area contributed by atoms with Crippen LogP contribution >= 0.6 is 15.2 Å². The smallest absolute Gasteiger partial charge is 0.408 e. The van der Waals surface area contributed by atoms with E-state index in [1.54, 1.807) is 5.32 Å². The summed E-state index contributed by atoms with van der Waals surface area (Å²) in [6.45, 7) is 3.87. The van der Waals surface area contributed by atoms with Gasteiger partial charge < -0.3 is 44.8 Å². The molecule has 1 aromatic carbocycles. The van der Waals surface area contributed by atoms with E-state index in [1.807, 2.05) is 44.2 Å². The van der Waals surface area contributed by atoms with Gasteiger partial charge in [0.05, 0.1) is 18.7 Å². The Balaban J connectivity index is 1.66. The van der Waals surface area contributed by atoms with E-state index >= 15 is 0 Å². The molecule has 1 fully saturated rings. The molecule has 1 saturated heterocycles. The molecule has 2 heterocycles. The van der Waals surface area contributed by atoms with E-state index in [1.165, 1.54) is 23.5 Å². The molecule has 1 aliphatic rings. The Hall–Kier alpha value is -3.05. The van der Waals surface area contributed by atoms with Gasteiger partial charge in [-0.25, -0.2) is 4.98 Å². The normalized spacial score (nSPS) is 16.3. The lowest BCUT2D eigenvalue weighted by atomic mass is 9.73. The second-order valence-corrected chi connectivity index (χ2v) is 14.9. The van der Waals surface area contributed by atoms with Crippen LogP contribution < -0.4 is 16.0 Å². The van der Waals surface area contributed by atoms with Crippen molar-refractivity contribution in [1.82, 2.24) is 30.8 Å². The van der Waals surface area contributed by atoms with Gasteiger partial charge >= 0.3 is 22.3 Å². The fraction of sp³-hybridized carbons (Fsp3) is 0.500. The number of aromatic nitrogens is 2. The van der Waals surface area contributed by atoms with Crippen LogP contribution in [-0.2, 0) is 34.4 Å². The minimum atomic E-state index is -5.34. The Morgan fingerprint density at radius 2 is 1.59 bits per heavy atom. The van der Waals surface area contributed by atoms with Crippen LogP contribution in [-0.4, -0.2) is 110 Å². The molecule has 46 heavy (non-hydrogen) atoms. The highest BCUT2D eigenvalue weighted by Gasteiger charge is 2.44. The second kappa shape index (κ2) is 17.2. The van der Waals surface area contributed by atoms with Crippen molar-refractivity contribution in [2.45, 2.75) is 44.2 Å². The lowest BCUT2D eigenvalue weighted by Crippen LogP contribution is -2.57. The van der Waals surface area contributed by atoms with Gasteiger partial charge in [-0.1, -0.05) is 44.2 Å². The fourth-order valence-electron chi connectivity index (χ4n) is 4.64. The van der Waals surface area contributed by atoms with E-state index in [-0.39, 0.29) is 44.3 Å². The van der Waals surface area contributed by atoms with Crippen molar-refractivity contribution in [3.8, 4) is 0 Å². The van der Waals surface area contributed by atoms with Crippen LogP contribution in [0.25, 0.3) is 0 Å². The van der Waals surface area contributed by atoms with Crippen molar-refractivity contribution >= 4 is 40.0 Å². The van der Waals surface area contributed by atoms with Gasteiger partial charge in [0.1, 0.15) is 11.7 Å². The van der Waals surface area contributed by atoms with Gasteiger partial charge in [0.25, 0.3) is 5.91 Å². The third-order valence-electron chi connectivity index (χ3n) is 6.76. The maximum absolute atomic E-state index is 13.7. The fourth-order valence-corrected chi connectivity index (χ4v) is 6.83. The van der Waals surface area contributed by atoms with Crippen molar-refractivity contribution < 1.29 is 52.4 Å². The molecule has 0 saturated carbocycles. The van der Waals surface area contributed by atoms with Gasteiger partial charge in [-0.15, -0.1) is 0 Å². The maximum Gasteiger partial charge on any atom is 0.480 e. The molecule has 2 unspecified atom stereocenters. The van der Waals surface area contributed by atoms with E-state index < -0.39 is 64.1 Å². The minimum absolute atomic E-state index is 0.0275. The third kappa shape index (κ3) is 12.3. The number of hydrogen-bond donors (Lipinski definition) is 7. The summed E-state index contributed by atoms with van der Waals surface area (Å²) in [7, 11) is -11.6. The molecule has 0 radical (unpaired) electrons. The van der Waals surface area contributed by atoms with Crippen LogP contribution in [0.3, 0.4) is 0 Å². The maximum atomic E-state index is 13.7. The molecule has 0 spiro atoms. The summed E-state index contributed by atoms with van der Waals surface area (Å²) in [6.07, 6.45) is 4.76. The third-order valence-corrected chi connectivity index (χ3v) is 10.1.